The maximum atomic E-state index is 13.7. The Hall–Kier alpha value is -2.12. The third kappa shape index (κ3) is 4.64. The molecule has 1 unspecified atom stereocenters. The van der Waals surface area contributed by atoms with Gasteiger partial charge in [-0.2, -0.15) is 26.3 Å². The Morgan fingerprint density at radius 3 is 1.89 bits per heavy atom. The predicted octanol–water partition coefficient (Wildman–Crippen LogP) is 6.60. The van der Waals surface area contributed by atoms with Gasteiger partial charge in [-0.3, -0.25) is 9.97 Å². The summed E-state index contributed by atoms with van der Waals surface area (Å²) in [5, 5.41) is 0. The van der Waals surface area contributed by atoms with Crippen molar-refractivity contribution < 1.29 is 26.3 Å². The van der Waals surface area contributed by atoms with Gasteiger partial charge in [-0.1, -0.05) is 20.8 Å². The summed E-state index contributed by atoms with van der Waals surface area (Å²) >= 11 is 0. The van der Waals surface area contributed by atoms with Crippen LogP contribution >= 0.6 is 0 Å². The molecule has 0 bridgehead atoms. The Morgan fingerprint density at radius 1 is 0.857 bits per heavy atom. The van der Waals surface area contributed by atoms with Gasteiger partial charge in [-0.05, 0) is 60.4 Å². The van der Waals surface area contributed by atoms with Gasteiger partial charge in [0.25, 0.3) is 0 Å². The molecule has 2 aromatic rings. The molecule has 2 heterocycles. The molecule has 0 aromatic carbocycles. The van der Waals surface area contributed by atoms with E-state index in [9.17, 15) is 26.3 Å². The molecule has 2 rings (SSSR count). The maximum Gasteiger partial charge on any atom is 0.433 e. The van der Waals surface area contributed by atoms with Crippen LogP contribution in [0.5, 0.6) is 0 Å². The van der Waals surface area contributed by atoms with Gasteiger partial charge in [-0.15, -0.1) is 0 Å². The first kappa shape index (κ1) is 22.2. The van der Waals surface area contributed by atoms with Gasteiger partial charge in [-0.25, -0.2) is 0 Å². The van der Waals surface area contributed by atoms with Crippen molar-refractivity contribution in [3.8, 4) is 0 Å². The van der Waals surface area contributed by atoms with Crippen molar-refractivity contribution in [2.24, 2.45) is 0 Å². The van der Waals surface area contributed by atoms with E-state index in [4.69, 9.17) is 0 Å². The quantitative estimate of drug-likeness (QED) is 0.537. The van der Waals surface area contributed by atoms with Gasteiger partial charge < -0.3 is 0 Å². The van der Waals surface area contributed by atoms with Gasteiger partial charge in [0.1, 0.15) is 5.69 Å². The second-order valence-electron chi connectivity index (χ2n) is 7.34. The average Bonchev–Trinajstić information content (AvgIpc) is 2.52. The molecule has 8 heteroatoms. The van der Waals surface area contributed by atoms with Crippen molar-refractivity contribution in [1.82, 2.24) is 9.97 Å². The first-order chi connectivity index (χ1) is 12.7. The fraction of sp³-hybridized carbons (Fsp3) is 0.500. The number of alkyl halides is 6. The van der Waals surface area contributed by atoms with Crippen LogP contribution in [0.2, 0.25) is 0 Å². The third-order valence-corrected chi connectivity index (χ3v) is 4.83. The van der Waals surface area contributed by atoms with Crippen molar-refractivity contribution in [1.29, 1.82) is 0 Å². The Labute approximate surface area is 160 Å². The monoisotopic (exact) mass is 404 g/mol. The van der Waals surface area contributed by atoms with Crippen molar-refractivity contribution in [3.05, 3.63) is 57.7 Å². The van der Waals surface area contributed by atoms with Crippen LogP contribution in [-0.2, 0) is 18.8 Å². The fourth-order valence-corrected chi connectivity index (χ4v) is 3.42. The molecule has 0 N–H and O–H groups in total. The van der Waals surface area contributed by atoms with E-state index >= 15 is 0 Å². The van der Waals surface area contributed by atoms with Crippen LogP contribution in [-0.4, -0.2) is 9.97 Å². The van der Waals surface area contributed by atoms with Crippen molar-refractivity contribution in [3.63, 3.8) is 0 Å². The SMILES string of the molecule is Cc1cc(C(F)(F)F)ncc1C(C)Cc1ncc(C(C)C)c(C)c1C(F)(F)F. The van der Waals surface area contributed by atoms with Crippen molar-refractivity contribution >= 4 is 0 Å². The van der Waals surface area contributed by atoms with Crippen LogP contribution < -0.4 is 0 Å². The van der Waals surface area contributed by atoms with Crippen molar-refractivity contribution in [2.75, 3.05) is 0 Å². The summed E-state index contributed by atoms with van der Waals surface area (Å²) in [5.41, 5.74) is -0.429. The van der Waals surface area contributed by atoms with E-state index in [1.807, 2.05) is 0 Å². The number of pyridine rings is 2. The lowest BCUT2D eigenvalue weighted by Crippen LogP contribution is -2.17. The first-order valence-electron chi connectivity index (χ1n) is 8.82. The molecule has 0 radical (unpaired) electrons. The van der Waals surface area contributed by atoms with Crippen molar-refractivity contribution in [2.45, 2.75) is 65.2 Å². The van der Waals surface area contributed by atoms with E-state index in [1.54, 1.807) is 20.8 Å². The summed E-state index contributed by atoms with van der Waals surface area (Å²) < 4.78 is 79.4. The first-order valence-corrected chi connectivity index (χ1v) is 8.82. The number of nitrogens with zero attached hydrogens (tertiary/aromatic N) is 2. The smallest absolute Gasteiger partial charge is 0.260 e. The molecule has 0 aliphatic heterocycles. The molecule has 0 saturated carbocycles. The summed E-state index contributed by atoms with van der Waals surface area (Å²) in [5.74, 6) is -0.589. The molecule has 0 aliphatic carbocycles. The summed E-state index contributed by atoms with van der Waals surface area (Å²) in [7, 11) is 0. The van der Waals surface area contributed by atoms with Crippen LogP contribution in [0.15, 0.2) is 18.5 Å². The second kappa shape index (κ2) is 7.72. The number of aromatic nitrogens is 2. The fourth-order valence-electron chi connectivity index (χ4n) is 3.42. The van der Waals surface area contributed by atoms with Crippen LogP contribution in [0.3, 0.4) is 0 Å². The van der Waals surface area contributed by atoms with Gasteiger partial charge in [0.15, 0.2) is 0 Å². The highest BCUT2D eigenvalue weighted by molar-refractivity contribution is 5.40. The van der Waals surface area contributed by atoms with E-state index < -0.39 is 29.5 Å². The van der Waals surface area contributed by atoms with E-state index in [2.05, 4.69) is 9.97 Å². The van der Waals surface area contributed by atoms with Gasteiger partial charge in [0.05, 0.1) is 11.3 Å². The zero-order valence-corrected chi connectivity index (χ0v) is 16.3. The molecule has 2 aromatic heterocycles. The molecule has 0 spiro atoms. The molecule has 0 aliphatic rings. The lowest BCUT2D eigenvalue weighted by molar-refractivity contribution is -0.141. The Morgan fingerprint density at radius 2 is 1.43 bits per heavy atom. The topological polar surface area (TPSA) is 25.8 Å². The molecule has 154 valence electrons. The van der Waals surface area contributed by atoms with Gasteiger partial charge in [0.2, 0.25) is 0 Å². The summed E-state index contributed by atoms with van der Waals surface area (Å²) in [6.45, 7) is 8.17. The lowest BCUT2D eigenvalue weighted by atomic mass is 9.89. The molecule has 0 saturated heterocycles. The van der Waals surface area contributed by atoms with Gasteiger partial charge >= 0.3 is 12.4 Å². The largest absolute Gasteiger partial charge is 0.433 e. The molecular weight excluding hydrogens is 382 g/mol. The summed E-state index contributed by atoms with van der Waals surface area (Å²) in [6.07, 6.45) is -6.64. The van der Waals surface area contributed by atoms with E-state index in [1.165, 1.54) is 20.0 Å². The number of hydrogen-bond donors (Lipinski definition) is 0. The van der Waals surface area contributed by atoms with Crippen LogP contribution in [0.4, 0.5) is 26.3 Å². The standard InChI is InChI=1S/C20H22F6N2/c1-10(2)14-8-27-16(18(13(14)5)20(24,25)26)6-11(3)15-9-28-17(7-12(15)4)19(21,22)23/h7-11H,6H2,1-5H3. The molecule has 2 nitrogen and oxygen atoms in total. The number of hydrogen-bond acceptors (Lipinski definition) is 2. The van der Waals surface area contributed by atoms with Crippen LogP contribution in [0.1, 0.15) is 71.8 Å². The zero-order valence-electron chi connectivity index (χ0n) is 16.3. The maximum absolute atomic E-state index is 13.7. The zero-order chi connectivity index (χ0) is 21.4. The van der Waals surface area contributed by atoms with Gasteiger partial charge in [0, 0.05) is 12.4 Å². The molecule has 1 atom stereocenters. The minimum Gasteiger partial charge on any atom is -0.260 e. The van der Waals surface area contributed by atoms with Crippen LogP contribution in [0.25, 0.3) is 0 Å². The van der Waals surface area contributed by atoms with E-state index in [0.29, 0.717) is 16.7 Å². The van der Waals surface area contributed by atoms with Crippen LogP contribution in [0, 0.1) is 13.8 Å². The lowest BCUT2D eigenvalue weighted by Gasteiger charge is -2.22. The minimum atomic E-state index is -4.57. The Balaban J connectivity index is 2.44. The summed E-state index contributed by atoms with van der Waals surface area (Å²) in [6, 6.07) is 0.914. The summed E-state index contributed by atoms with van der Waals surface area (Å²) in [4.78, 5) is 7.49. The highest BCUT2D eigenvalue weighted by Crippen LogP contribution is 2.38. The third-order valence-electron chi connectivity index (χ3n) is 4.83. The number of aryl methyl sites for hydroxylation is 1. The molecular formula is C20H22F6N2. The Bertz CT molecular complexity index is 853. The number of rotatable bonds is 4. The average molecular weight is 404 g/mol. The number of halogens is 6. The highest BCUT2D eigenvalue weighted by atomic mass is 19.4. The molecule has 0 amide bonds. The molecule has 28 heavy (non-hydrogen) atoms. The minimum absolute atomic E-state index is 0.0536. The molecule has 0 fully saturated rings. The predicted molar refractivity (Wildman–Crippen MR) is 94.2 cm³/mol. The normalized spacial score (nSPS) is 13.9. The Kier molecular flexibility index (Phi) is 6.11. The highest BCUT2D eigenvalue weighted by Gasteiger charge is 2.38. The second-order valence-corrected chi connectivity index (χ2v) is 7.34. The van der Waals surface area contributed by atoms with E-state index in [-0.39, 0.29) is 23.6 Å². The van der Waals surface area contributed by atoms with E-state index in [0.717, 1.165) is 12.3 Å².